The third-order valence-electron chi connectivity index (χ3n) is 2.29. The average Bonchev–Trinajstić information content (AvgIpc) is 2.28. The van der Waals surface area contributed by atoms with Crippen LogP contribution in [0, 0.1) is 0 Å². The SMILES string of the molecule is CSCCCCNCc1ccc(O)c(Cl)c1. The summed E-state index contributed by atoms with van der Waals surface area (Å²) in [5, 5.41) is 13.0. The van der Waals surface area contributed by atoms with Crippen molar-refractivity contribution < 1.29 is 5.11 Å². The van der Waals surface area contributed by atoms with E-state index in [1.54, 1.807) is 12.1 Å². The maximum atomic E-state index is 9.26. The quantitative estimate of drug-likeness (QED) is 0.737. The Kier molecular flexibility index (Phi) is 6.69. The summed E-state index contributed by atoms with van der Waals surface area (Å²) >= 11 is 7.70. The lowest BCUT2D eigenvalue weighted by molar-refractivity contribution is 0.475. The molecule has 0 aliphatic heterocycles. The minimum atomic E-state index is 0.144. The lowest BCUT2D eigenvalue weighted by atomic mass is 10.2. The monoisotopic (exact) mass is 259 g/mol. The first-order chi connectivity index (χ1) is 7.74. The van der Waals surface area contributed by atoms with Gasteiger partial charge in [0.15, 0.2) is 0 Å². The molecule has 2 nitrogen and oxygen atoms in total. The van der Waals surface area contributed by atoms with Gasteiger partial charge in [-0.05, 0) is 49.1 Å². The lowest BCUT2D eigenvalue weighted by Crippen LogP contribution is -2.14. The molecule has 0 heterocycles. The Morgan fingerprint density at radius 1 is 1.38 bits per heavy atom. The number of aromatic hydroxyl groups is 1. The molecule has 0 radical (unpaired) electrons. The second-order valence-electron chi connectivity index (χ2n) is 3.66. The van der Waals surface area contributed by atoms with Crippen LogP contribution in [-0.2, 0) is 6.54 Å². The number of hydrogen-bond donors (Lipinski definition) is 2. The van der Waals surface area contributed by atoms with Crippen molar-refractivity contribution in [1.29, 1.82) is 0 Å². The molecular weight excluding hydrogens is 242 g/mol. The fourth-order valence-corrected chi connectivity index (χ4v) is 2.09. The van der Waals surface area contributed by atoms with Crippen molar-refractivity contribution in [2.24, 2.45) is 0 Å². The van der Waals surface area contributed by atoms with Crippen molar-refractivity contribution >= 4 is 23.4 Å². The summed E-state index contributed by atoms with van der Waals surface area (Å²) in [4.78, 5) is 0. The molecule has 1 aromatic carbocycles. The first kappa shape index (κ1) is 13.7. The number of benzene rings is 1. The van der Waals surface area contributed by atoms with Crippen LogP contribution in [0.2, 0.25) is 5.02 Å². The summed E-state index contributed by atoms with van der Waals surface area (Å²) in [6.07, 6.45) is 4.59. The van der Waals surface area contributed by atoms with Gasteiger partial charge in [0.25, 0.3) is 0 Å². The van der Waals surface area contributed by atoms with E-state index in [1.165, 1.54) is 18.6 Å². The standard InChI is InChI=1S/C12H18ClNOS/c1-16-7-3-2-6-14-9-10-4-5-12(15)11(13)8-10/h4-5,8,14-15H,2-3,6-7,9H2,1H3. The zero-order chi connectivity index (χ0) is 11.8. The molecule has 0 fully saturated rings. The van der Waals surface area contributed by atoms with Crippen molar-refractivity contribution in [3.8, 4) is 5.75 Å². The third-order valence-corrected chi connectivity index (χ3v) is 3.29. The highest BCUT2D eigenvalue weighted by molar-refractivity contribution is 7.98. The number of halogens is 1. The Morgan fingerprint density at radius 3 is 2.88 bits per heavy atom. The number of phenolic OH excluding ortho intramolecular Hbond substituents is 1. The summed E-state index contributed by atoms with van der Waals surface area (Å²) in [6, 6.07) is 5.31. The maximum absolute atomic E-state index is 9.26. The lowest BCUT2D eigenvalue weighted by Gasteiger charge is -2.05. The van der Waals surface area contributed by atoms with Gasteiger partial charge in [-0.1, -0.05) is 17.7 Å². The van der Waals surface area contributed by atoms with E-state index in [4.69, 9.17) is 11.6 Å². The molecule has 2 N–H and O–H groups in total. The second-order valence-corrected chi connectivity index (χ2v) is 5.06. The Hall–Kier alpha value is -0.380. The van der Waals surface area contributed by atoms with Gasteiger partial charge in [0.2, 0.25) is 0 Å². The molecule has 0 bridgehead atoms. The minimum absolute atomic E-state index is 0.144. The highest BCUT2D eigenvalue weighted by Crippen LogP contribution is 2.23. The smallest absolute Gasteiger partial charge is 0.134 e. The zero-order valence-corrected chi connectivity index (χ0v) is 11.1. The van der Waals surface area contributed by atoms with Gasteiger partial charge in [-0.25, -0.2) is 0 Å². The third kappa shape index (κ3) is 5.10. The molecule has 0 saturated carbocycles. The number of unbranched alkanes of at least 4 members (excludes halogenated alkanes) is 1. The van der Waals surface area contributed by atoms with Crippen LogP contribution in [0.1, 0.15) is 18.4 Å². The summed E-state index contributed by atoms with van der Waals surface area (Å²) < 4.78 is 0. The van der Waals surface area contributed by atoms with Gasteiger partial charge in [0, 0.05) is 6.54 Å². The topological polar surface area (TPSA) is 32.3 Å². The van der Waals surface area contributed by atoms with Gasteiger partial charge in [-0.3, -0.25) is 0 Å². The van der Waals surface area contributed by atoms with Crippen LogP contribution in [0.5, 0.6) is 5.75 Å². The van der Waals surface area contributed by atoms with Gasteiger partial charge < -0.3 is 10.4 Å². The normalized spacial score (nSPS) is 10.6. The molecule has 90 valence electrons. The van der Waals surface area contributed by atoms with Gasteiger partial charge in [-0.2, -0.15) is 11.8 Å². The molecule has 16 heavy (non-hydrogen) atoms. The van der Waals surface area contributed by atoms with E-state index in [2.05, 4.69) is 11.6 Å². The number of phenols is 1. The molecule has 0 aromatic heterocycles. The van der Waals surface area contributed by atoms with Crippen LogP contribution < -0.4 is 5.32 Å². The molecule has 0 spiro atoms. The van der Waals surface area contributed by atoms with Crippen LogP contribution in [0.3, 0.4) is 0 Å². The molecule has 0 aliphatic carbocycles. The van der Waals surface area contributed by atoms with Gasteiger partial charge in [0.05, 0.1) is 5.02 Å². The van der Waals surface area contributed by atoms with E-state index in [0.717, 1.165) is 18.7 Å². The van der Waals surface area contributed by atoms with Crippen LogP contribution in [0.15, 0.2) is 18.2 Å². The minimum Gasteiger partial charge on any atom is -0.506 e. The van der Waals surface area contributed by atoms with Gasteiger partial charge >= 0.3 is 0 Å². The van der Waals surface area contributed by atoms with E-state index < -0.39 is 0 Å². The van der Waals surface area contributed by atoms with Gasteiger partial charge in [0.1, 0.15) is 5.75 Å². The number of nitrogens with one attached hydrogen (secondary N) is 1. The molecule has 0 atom stereocenters. The predicted octanol–water partition coefficient (Wildman–Crippen LogP) is 3.28. The molecule has 0 amide bonds. The molecular formula is C12H18ClNOS. The predicted molar refractivity (Wildman–Crippen MR) is 72.4 cm³/mol. The van der Waals surface area contributed by atoms with E-state index >= 15 is 0 Å². The molecule has 0 unspecified atom stereocenters. The fourth-order valence-electron chi connectivity index (χ4n) is 1.39. The Morgan fingerprint density at radius 2 is 2.19 bits per heavy atom. The number of thioether (sulfide) groups is 1. The highest BCUT2D eigenvalue weighted by atomic mass is 35.5. The largest absolute Gasteiger partial charge is 0.506 e. The Balaban J connectivity index is 2.19. The average molecular weight is 260 g/mol. The zero-order valence-electron chi connectivity index (χ0n) is 9.50. The van der Waals surface area contributed by atoms with Crippen molar-refractivity contribution in [3.05, 3.63) is 28.8 Å². The first-order valence-corrected chi connectivity index (χ1v) is 7.18. The van der Waals surface area contributed by atoms with E-state index in [9.17, 15) is 5.11 Å². The Labute approximate surface area is 106 Å². The number of hydrogen-bond acceptors (Lipinski definition) is 3. The summed E-state index contributed by atoms with van der Waals surface area (Å²) in [7, 11) is 0. The Bertz CT molecular complexity index is 320. The molecule has 0 aliphatic rings. The van der Waals surface area contributed by atoms with Crippen molar-refractivity contribution in [2.45, 2.75) is 19.4 Å². The first-order valence-electron chi connectivity index (χ1n) is 5.41. The van der Waals surface area contributed by atoms with Gasteiger partial charge in [-0.15, -0.1) is 0 Å². The van der Waals surface area contributed by atoms with Crippen LogP contribution in [-0.4, -0.2) is 23.7 Å². The second kappa shape index (κ2) is 7.82. The number of rotatable bonds is 7. The maximum Gasteiger partial charge on any atom is 0.134 e. The molecule has 0 saturated heterocycles. The molecule has 4 heteroatoms. The van der Waals surface area contributed by atoms with E-state index in [-0.39, 0.29) is 5.75 Å². The van der Waals surface area contributed by atoms with Crippen LogP contribution >= 0.6 is 23.4 Å². The van der Waals surface area contributed by atoms with Crippen molar-refractivity contribution in [3.63, 3.8) is 0 Å². The molecule has 1 rings (SSSR count). The van der Waals surface area contributed by atoms with Crippen molar-refractivity contribution in [1.82, 2.24) is 5.32 Å². The summed E-state index contributed by atoms with van der Waals surface area (Å²) in [5.41, 5.74) is 1.10. The molecule has 1 aromatic rings. The van der Waals surface area contributed by atoms with E-state index in [1.807, 2.05) is 17.8 Å². The van der Waals surface area contributed by atoms with Crippen LogP contribution in [0.4, 0.5) is 0 Å². The van der Waals surface area contributed by atoms with Crippen LogP contribution in [0.25, 0.3) is 0 Å². The van der Waals surface area contributed by atoms with Crippen molar-refractivity contribution in [2.75, 3.05) is 18.6 Å². The fraction of sp³-hybridized carbons (Fsp3) is 0.500. The van der Waals surface area contributed by atoms with E-state index in [0.29, 0.717) is 5.02 Å². The summed E-state index contributed by atoms with van der Waals surface area (Å²) in [5.74, 6) is 1.37. The highest BCUT2D eigenvalue weighted by Gasteiger charge is 1.99. The summed E-state index contributed by atoms with van der Waals surface area (Å²) in [6.45, 7) is 1.83.